The first-order valence-corrected chi connectivity index (χ1v) is 2.27. The van der Waals surface area contributed by atoms with Crippen LogP contribution in [0.1, 0.15) is 0 Å². The lowest BCUT2D eigenvalue weighted by Gasteiger charge is -2.02. The Kier molecular flexibility index (Phi) is 1.06. The quantitative estimate of drug-likeness (QED) is 0.567. The molecule has 1 rings (SSSR count). The van der Waals surface area contributed by atoms with E-state index in [9.17, 15) is 4.79 Å². The molecule has 1 aliphatic rings. The largest absolute Gasteiger partial charge is 0.476 e. The number of hydrogen-bond acceptors (Lipinski definition) is 2. The Labute approximate surface area is 50.3 Å². The molecule has 0 fully saturated rings. The minimum atomic E-state index is -1.07. The summed E-state index contributed by atoms with van der Waals surface area (Å²) in [5, 5.41) is 8.37. The molecule has 0 radical (unpaired) electrons. The Bertz CT molecular complexity index is 194. The number of nitrogens with zero attached hydrogens (tertiary/aromatic N) is 1. The van der Waals surface area contributed by atoms with E-state index in [0.29, 0.717) is 0 Å². The standard InChI is InChI=1S/C4H2ClNO2/c5-2-1-6-3(2)4(7)8/h1H,(H,7,8). The van der Waals surface area contributed by atoms with Gasteiger partial charge in [0.25, 0.3) is 0 Å². The molecule has 42 valence electrons. The van der Waals surface area contributed by atoms with Gasteiger partial charge in [0.05, 0.1) is 5.03 Å². The maximum atomic E-state index is 9.94. The topological polar surface area (TPSA) is 49.7 Å². The van der Waals surface area contributed by atoms with Gasteiger partial charge in [0.1, 0.15) is 0 Å². The van der Waals surface area contributed by atoms with E-state index in [-0.39, 0.29) is 10.7 Å². The molecular formula is C4H2ClNO2. The van der Waals surface area contributed by atoms with Gasteiger partial charge in [-0.25, -0.2) is 9.79 Å². The molecular weight excluding hydrogens is 130 g/mol. The lowest BCUT2D eigenvalue weighted by molar-refractivity contribution is -0.132. The molecule has 0 saturated heterocycles. The molecule has 4 heteroatoms. The number of carbonyl (C=O) groups is 1. The van der Waals surface area contributed by atoms with Gasteiger partial charge in [0.2, 0.25) is 0 Å². The van der Waals surface area contributed by atoms with Crippen LogP contribution in [-0.2, 0) is 4.79 Å². The maximum absolute atomic E-state index is 9.94. The SMILES string of the molecule is O=C(O)C1=C(Cl)C=N1. The number of carboxylic acid groups (broad SMARTS) is 1. The third kappa shape index (κ3) is 0.607. The fourth-order valence-corrected chi connectivity index (χ4v) is 0.514. The average Bonchev–Trinajstić information content (AvgIpc) is 1.61. The molecule has 1 aliphatic heterocycles. The average molecular weight is 132 g/mol. The molecule has 0 aliphatic carbocycles. The van der Waals surface area contributed by atoms with Crippen molar-refractivity contribution in [1.29, 1.82) is 0 Å². The van der Waals surface area contributed by atoms with Gasteiger partial charge in [-0.1, -0.05) is 11.6 Å². The molecule has 3 nitrogen and oxygen atoms in total. The van der Waals surface area contributed by atoms with Gasteiger partial charge in [0.15, 0.2) is 5.70 Å². The summed E-state index contributed by atoms with van der Waals surface area (Å²) in [5.41, 5.74) is -0.0494. The minimum absolute atomic E-state index is 0.0494. The summed E-state index contributed by atoms with van der Waals surface area (Å²) in [6.07, 6.45) is 1.30. The highest BCUT2D eigenvalue weighted by molar-refractivity contribution is 6.43. The van der Waals surface area contributed by atoms with Crippen LogP contribution < -0.4 is 0 Å². The van der Waals surface area contributed by atoms with Crippen molar-refractivity contribution < 1.29 is 9.90 Å². The summed E-state index contributed by atoms with van der Waals surface area (Å²) in [6.45, 7) is 0. The van der Waals surface area contributed by atoms with E-state index < -0.39 is 5.97 Å². The zero-order chi connectivity index (χ0) is 6.15. The van der Waals surface area contributed by atoms with Crippen molar-refractivity contribution in [2.75, 3.05) is 0 Å². The number of aliphatic imine (C=N–C) groups is 1. The van der Waals surface area contributed by atoms with Crippen LogP contribution in [0.3, 0.4) is 0 Å². The Balaban J connectivity index is 2.76. The van der Waals surface area contributed by atoms with Crippen molar-refractivity contribution in [3.05, 3.63) is 10.7 Å². The van der Waals surface area contributed by atoms with Crippen LogP contribution in [0.4, 0.5) is 0 Å². The molecule has 8 heavy (non-hydrogen) atoms. The summed E-state index contributed by atoms with van der Waals surface area (Å²) in [5.74, 6) is -1.07. The van der Waals surface area contributed by atoms with Crippen LogP contribution in [0.2, 0.25) is 0 Å². The van der Waals surface area contributed by atoms with Crippen molar-refractivity contribution >= 4 is 23.8 Å². The summed E-state index contributed by atoms with van der Waals surface area (Å²) in [7, 11) is 0. The fraction of sp³-hybridized carbons (Fsp3) is 0. The summed E-state index contributed by atoms with van der Waals surface area (Å²) < 4.78 is 0. The fourth-order valence-electron chi connectivity index (χ4n) is 0.335. The summed E-state index contributed by atoms with van der Waals surface area (Å²) in [6, 6.07) is 0. The normalized spacial score (nSPS) is 16.1. The van der Waals surface area contributed by atoms with E-state index in [1.54, 1.807) is 0 Å². The first-order chi connectivity index (χ1) is 3.72. The van der Waals surface area contributed by atoms with Crippen LogP contribution in [-0.4, -0.2) is 17.3 Å². The van der Waals surface area contributed by atoms with Gasteiger partial charge >= 0.3 is 5.97 Å². The van der Waals surface area contributed by atoms with E-state index in [1.165, 1.54) is 6.21 Å². The van der Waals surface area contributed by atoms with Gasteiger partial charge in [-0.15, -0.1) is 0 Å². The molecule has 0 aromatic rings. The van der Waals surface area contributed by atoms with Crippen molar-refractivity contribution in [2.24, 2.45) is 4.99 Å². The summed E-state index contributed by atoms with van der Waals surface area (Å²) in [4.78, 5) is 13.3. The first-order valence-electron chi connectivity index (χ1n) is 1.89. The van der Waals surface area contributed by atoms with Gasteiger partial charge < -0.3 is 5.11 Å². The third-order valence-electron chi connectivity index (χ3n) is 0.736. The second kappa shape index (κ2) is 1.59. The lowest BCUT2D eigenvalue weighted by atomic mass is 10.3. The smallest absolute Gasteiger partial charge is 0.356 e. The van der Waals surface area contributed by atoms with E-state index >= 15 is 0 Å². The minimum Gasteiger partial charge on any atom is -0.476 e. The monoisotopic (exact) mass is 131 g/mol. The molecule has 0 amide bonds. The molecule has 0 aromatic carbocycles. The van der Waals surface area contributed by atoms with Crippen LogP contribution in [0, 0.1) is 0 Å². The molecule has 0 aromatic heterocycles. The number of hydrogen-bond donors (Lipinski definition) is 1. The second-order valence-corrected chi connectivity index (χ2v) is 1.67. The second-order valence-electron chi connectivity index (χ2n) is 1.26. The molecule has 1 N–H and O–H groups in total. The molecule has 0 spiro atoms. The van der Waals surface area contributed by atoms with E-state index in [2.05, 4.69) is 4.99 Å². The predicted molar refractivity (Wildman–Crippen MR) is 29.0 cm³/mol. The highest BCUT2D eigenvalue weighted by Gasteiger charge is 2.15. The predicted octanol–water partition coefficient (Wildman–Crippen LogP) is 0.606. The molecule has 0 atom stereocenters. The van der Waals surface area contributed by atoms with Gasteiger partial charge in [-0.2, -0.15) is 0 Å². The highest BCUT2D eigenvalue weighted by Crippen LogP contribution is 2.16. The third-order valence-corrected chi connectivity index (χ3v) is 1.01. The van der Waals surface area contributed by atoms with Crippen LogP contribution in [0.5, 0.6) is 0 Å². The Morgan fingerprint density at radius 3 is 2.50 bits per heavy atom. The number of aliphatic carboxylic acids is 1. The van der Waals surface area contributed by atoms with Crippen molar-refractivity contribution in [1.82, 2.24) is 0 Å². The number of halogens is 1. The Morgan fingerprint density at radius 1 is 1.88 bits per heavy atom. The van der Waals surface area contributed by atoms with Gasteiger partial charge in [0, 0.05) is 6.21 Å². The van der Waals surface area contributed by atoms with Crippen LogP contribution >= 0.6 is 11.6 Å². The van der Waals surface area contributed by atoms with Crippen LogP contribution in [0.25, 0.3) is 0 Å². The highest BCUT2D eigenvalue weighted by atomic mass is 35.5. The zero-order valence-corrected chi connectivity index (χ0v) is 4.51. The number of carboxylic acids is 1. The molecule has 1 heterocycles. The van der Waals surface area contributed by atoms with E-state index in [1.807, 2.05) is 0 Å². The number of rotatable bonds is 1. The molecule has 0 bridgehead atoms. The van der Waals surface area contributed by atoms with Crippen molar-refractivity contribution in [3.8, 4) is 0 Å². The molecule has 0 saturated carbocycles. The zero-order valence-electron chi connectivity index (χ0n) is 3.76. The van der Waals surface area contributed by atoms with Gasteiger partial charge in [-0.3, -0.25) is 0 Å². The van der Waals surface area contributed by atoms with Crippen LogP contribution in [0.15, 0.2) is 15.7 Å². The Hall–Kier alpha value is -0.830. The van der Waals surface area contributed by atoms with Crippen molar-refractivity contribution in [2.45, 2.75) is 0 Å². The number of allylic oxidation sites excluding steroid dienone is 1. The van der Waals surface area contributed by atoms with Crippen molar-refractivity contribution in [3.63, 3.8) is 0 Å². The van der Waals surface area contributed by atoms with E-state index in [0.717, 1.165) is 0 Å². The van der Waals surface area contributed by atoms with E-state index in [4.69, 9.17) is 16.7 Å². The van der Waals surface area contributed by atoms with Gasteiger partial charge in [-0.05, 0) is 0 Å². The lowest BCUT2D eigenvalue weighted by Crippen LogP contribution is -2.06. The first kappa shape index (κ1) is 5.31. The Morgan fingerprint density at radius 2 is 2.50 bits per heavy atom. The maximum Gasteiger partial charge on any atom is 0.356 e. The summed E-state index contributed by atoms with van der Waals surface area (Å²) >= 11 is 5.26. The molecule has 0 unspecified atom stereocenters.